The average molecular weight is 460 g/mol. The standard InChI is InChI=1S/C22H28N4O7/c1-12(13-7-5-4-6-8-13)16(23)20(27)30-11-14-17-18(33-22(2,3)32-17)19(31-14)26-10-9-15(25-29)24-21(26)28/h4-10,12,14,16-19,29H,11,23H2,1-3H3,(H,24,25,28)/t12?,14-,16+,17-,18-,19-/m1/s1. The molecule has 0 radical (unpaired) electrons. The number of hydrogen-bond donors (Lipinski definition) is 3. The number of carbonyl (C=O) groups is 1. The molecule has 178 valence electrons. The van der Waals surface area contributed by atoms with Crippen molar-refractivity contribution in [3.63, 3.8) is 0 Å². The quantitative estimate of drug-likeness (QED) is 0.406. The van der Waals surface area contributed by atoms with E-state index < -0.39 is 48.0 Å². The van der Waals surface area contributed by atoms with Gasteiger partial charge in [-0.1, -0.05) is 37.3 Å². The number of rotatable bonds is 7. The fourth-order valence-electron chi connectivity index (χ4n) is 4.11. The summed E-state index contributed by atoms with van der Waals surface area (Å²) in [5.41, 5.74) is 8.25. The summed E-state index contributed by atoms with van der Waals surface area (Å²) < 4.78 is 24.7. The molecule has 33 heavy (non-hydrogen) atoms. The first-order valence-electron chi connectivity index (χ1n) is 10.7. The van der Waals surface area contributed by atoms with Crippen LogP contribution in [0.4, 0.5) is 5.82 Å². The van der Waals surface area contributed by atoms with Crippen molar-refractivity contribution in [1.82, 2.24) is 9.55 Å². The molecule has 1 unspecified atom stereocenters. The third kappa shape index (κ3) is 4.77. The molecule has 11 nitrogen and oxygen atoms in total. The van der Waals surface area contributed by atoms with E-state index in [9.17, 15) is 9.59 Å². The topological polar surface area (TPSA) is 147 Å². The number of nitrogens with one attached hydrogen (secondary N) is 1. The Kier molecular flexibility index (Phi) is 6.50. The van der Waals surface area contributed by atoms with Crippen molar-refractivity contribution >= 4 is 11.8 Å². The van der Waals surface area contributed by atoms with Gasteiger partial charge in [-0.2, -0.15) is 4.98 Å². The van der Waals surface area contributed by atoms with Crippen molar-refractivity contribution < 1.29 is 28.9 Å². The van der Waals surface area contributed by atoms with Gasteiger partial charge in [-0.05, 0) is 25.5 Å². The molecule has 0 bridgehead atoms. The van der Waals surface area contributed by atoms with Gasteiger partial charge in [-0.3, -0.25) is 20.0 Å². The molecule has 4 rings (SSSR count). The molecular formula is C22H28N4O7. The van der Waals surface area contributed by atoms with Crippen LogP contribution in [-0.2, 0) is 23.7 Å². The molecular weight excluding hydrogens is 432 g/mol. The van der Waals surface area contributed by atoms with Crippen LogP contribution in [-0.4, -0.2) is 57.5 Å². The summed E-state index contributed by atoms with van der Waals surface area (Å²) in [5, 5.41) is 8.96. The number of ether oxygens (including phenoxy) is 4. The number of fused-ring (bicyclic) bond motifs is 1. The van der Waals surface area contributed by atoms with E-state index in [1.54, 1.807) is 13.8 Å². The zero-order chi connectivity index (χ0) is 23.8. The molecule has 2 saturated heterocycles. The summed E-state index contributed by atoms with van der Waals surface area (Å²) in [6.07, 6.45) is -1.33. The number of benzene rings is 1. The Labute approximate surface area is 190 Å². The van der Waals surface area contributed by atoms with Crippen molar-refractivity contribution in [1.29, 1.82) is 0 Å². The molecule has 0 amide bonds. The lowest BCUT2D eigenvalue weighted by Gasteiger charge is -2.25. The molecule has 11 heteroatoms. The number of hydrogen-bond acceptors (Lipinski definition) is 10. The first kappa shape index (κ1) is 23.3. The SMILES string of the molecule is CC(c1ccccc1)[C@H](N)C(=O)OC[C@H]1O[C@@H](n2ccc(NO)nc2=O)[C@@H]2OC(C)(C)O[C@@H]21. The second-order valence-corrected chi connectivity index (χ2v) is 8.60. The molecule has 3 heterocycles. The molecule has 0 aliphatic carbocycles. The van der Waals surface area contributed by atoms with E-state index in [0.717, 1.165) is 5.56 Å². The highest BCUT2D eigenvalue weighted by Gasteiger charge is 2.56. The van der Waals surface area contributed by atoms with Crippen molar-refractivity contribution in [2.45, 2.75) is 63.1 Å². The Hall–Kier alpha value is -2.83. The number of anilines is 1. The van der Waals surface area contributed by atoms with Crippen LogP contribution in [0.15, 0.2) is 47.4 Å². The third-order valence-corrected chi connectivity index (χ3v) is 5.87. The number of nitrogens with two attached hydrogens (primary N) is 1. The van der Waals surface area contributed by atoms with E-state index in [1.807, 2.05) is 42.7 Å². The minimum atomic E-state index is -0.915. The van der Waals surface area contributed by atoms with E-state index in [4.69, 9.17) is 29.9 Å². The van der Waals surface area contributed by atoms with Gasteiger partial charge in [0, 0.05) is 12.1 Å². The zero-order valence-electron chi connectivity index (χ0n) is 18.6. The summed E-state index contributed by atoms with van der Waals surface area (Å²) >= 11 is 0. The first-order chi connectivity index (χ1) is 15.7. The van der Waals surface area contributed by atoms with Gasteiger partial charge in [0.1, 0.15) is 31.0 Å². The van der Waals surface area contributed by atoms with Gasteiger partial charge in [0.05, 0.1) is 0 Å². The van der Waals surface area contributed by atoms with Crippen molar-refractivity contribution in [3.8, 4) is 0 Å². The van der Waals surface area contributed by atoms with E-state index in [1.165, 1.54) is 16.8 Å². The van der Waals surface area contributed by atoms with Crippen LogP contribution in [0.1, 0.15) is 38.5 Å². The smallest absolute Gasteiger partial charge is 0.351 e. The van der Waals surface area contributed by atoms with E-state index in [-0.39, 0.29) is 18.3 Å². The Bertz CT molecular complexity index is 1040. The maximum absolute atomic E-state index is 12.6. The lowest BCUT2D eigenvalue weighted by atomic mass is 9.94. The van der Waals surface area contributed by atoms with Crippen molar-refractivity contribution in [2.75, 3.05) is 12.1 Å². The normalized spacial score (nSPS) is 27.5. The van der Waals surface area contributed by atoms with Crippen LogP contribution in [0.3, 0.4) is 0 Å². The Balaban J connectivity index is 1.46. The lowest BCUT2D eigenvalue weighted by molar-refractivity contribution is -0.203. The lowest BCUT2D eigenvalue weighted by Crippen LogP contribution is -2.40. The van der Waals surface area contributed by atoms with Crippen LogP contribution >= 0.6 is 0 Å². The summed E-state index contributed by atoms with van der Waals surface area (Å²) in [6, 6.07) is 10.0. The molecule has 0 spiro atoms. The molecule has 2 aliphatic rings. The molecule has 0 saturated carbocycles. The molecule has 2 aromatic rings. The largest absolute Gasteiger partial charge is 0.462 e. The average Bonchev–Trinajstić information content (AvgIpc) is 3.29. The number of esters is 1. The van der Waals surface area contributed by atoms with E-state index in [2.05, 4.69) is 4.98 Å². The first-order valence-corrected chi connectivity index (χ1v) is 10.7. The van der Waals surface area contributed by atoms with Crippen LogP contribution < -0.4 is 16.9 Å². The van der Waals surface area contributed by atoms with Gasteiger partial charge in [-0.15, -0.1) is 0 Å². The maximum Gasteiger partial charge on any atom is 0.351 e. The molecule has 6 atom stereocenters. The predicted molar refractivity (Wildman–Crippen MR) is 115 cm³/mol. The predicted octanol–water partition coefficient (Wildman–Crippen LogP) is 1.14. The van der Waals surface area contributed by atoms with Crippen LogP contribution in [0.2, 0.25) is 0 Å². The summed E-state index contributed by atoms with van der Waals surface area (Å²) in [6.45, 7) is 5.25. The van der Waals surface area contributed by atoms with Gasteiger partial charge >= 0.3 is 11.7 Å². The number of nitrogens with zero attached hydrogens (tertiary/aromatic N) is 2. The minimum absolute atomic E-state index is 0.00159. The zero-order valence-corrected chi connectivity index (χ0v) is 18.6. The fourth-order valence-corrected chi connectivity index (χ4v) is 4.11. The van der Waals surface area contributed by atoms with Gasteiger partial charge in [-0.25, -0.2) is 4.79 Å². The minimum Gasteiger partial charge on any atom is -0.462 e. The Morgan fingerprint density at radius 3 is 2.64 bits per heavy atom. The van der Waals surface area contributed by atoms with Crippen LogP contribution in [0.5, 0.6) is 0 Å². The Morgan fingerprint density at radius 2 is 1.97 bits per heavy atom. The van der Waals surface area contributed by atoms with Gasteiger partial charge < -0.3 is 24.7 Å². The van der Waals surface area contributed by atoms with Gasteiger partial charge in [0.2, 0.25) is 0 Å². The summed E-state index contributed by atoms with van der Waals surface area (Å²) in [4.78, 5) is 28.8. The fraction of sp³-hybridized carbons (Fsp3) is 0.500. The van der Waals surface area contributed by atoms with Gasteiger partial charge in [0.25, 0.3) is 0 Å². The molecule has 2 aliphatic heterocycles. The molecule has 4 N–H and O–H groups in total. The monoisotopic (exact) mass is 460 g/mol. The Morgan fingerprint density at radius 1 is 1.27 bits per heavy atom. The summed E-state index contributed by atoms with van der Waals surface area (Å²) in [7, 11) is 0. The van der Waals surface area contributed by atoms with E-state index >= 15 is 0 Å². The van der Waals surface area contributed by atoms with E-state index in [0.29, 0.717) is 0 Å². The highest BCUT2D eigenvalue weighted by Crippen LogP contribution is 2.42. The number of carbonyl (C=O) groups excluding carboxylic acids is 1. The molecule has 1 aromatic carbocycles. The van der Waals surface area contributed by atoms with Gasteiger partial charge in [0.15, 0.2) is 17.8 Å². The highest BCUT2D eigenvalue weighted by molar-refractivity contribution is 5.76. The van der Waals surface area contributed by atoms with Crippen molar-refractivity contribution in [3.05, 3.63) is 58.6 Å². The molecule has 2 fully saturated rings. The van der Waals surface area contributed by atoms with Crippen molar-refractivity contribution in [2.24, 2.45) is 5.73 Å². The highest BCUT2D eigenvalue weighted by atomic mass is 16.8. The van der Waals surface area contributed by atoms with Crippen LogP contribution in [0, 0.1) is 0 Å². The summed E-state index contributed by atoms with van der Waals surface area (Å²) in [5.74, 6) is -1.72. The maximum atomic E-state index is 12.6. The number of aromatic nitrogens is 2. The second-order valence-electron chi connectivity index (χ2n) is 8.60. The van der Waals surface area contributed by atoms with Crippen LogP contribution in [0.25, 0.3) is 0 Å². The second kappa shape index (κ2) is 9.20. The molecule has 1 aromatic heterocycles. The third-order valence-electron chi connectivity index (χ3n) is 5.87.